The molecule has 1 amide bonds. The van der Waals surface area contributed by atoms with Gasteiger partial charge in [-0.05, 0) is 41.5 Å². The van der Waals surface area contributed by atoms with Crippen LogP contribution in [0.5, 0.6) is 0 Å². The molecule has 0 radical (unpaired) electrons. The van der Waals surface area contributed by atoms with Crippen LogP contribution in [0.1, 0.15) is 56.1 Å². The van der Waals surface area contributed by atoms with Crippen molar-refractivity contribution in [1.29, 1.82) is 0 Å². The third-order valence-corrected chi connectivity index (χ3v) is 5.45. The molecule has 1 aliphatic carbocycles. The lowest BCUT2D eigenvalue weighted by atomic mass is 9.98. The van der Waals surface area contributed by atoms with Crippen LogP contribution in [-0.2, 0) is 9.53 Å². The molecule has 0 unspecified atom stereocenters. The van der Waals surface area contributed by atoms with E-state index >= 15 is 0 Å². The second-order valence-corrected chi connectivity index (χ2v) is 7.56. The number of amides is 1. The SMILES string of the molecule is CCCCC/C=C/C[C@H](NC(=O)OCC1c2ccccc2-c2ccccc21)C(=O)O. The molecule has 0 aromatic heterocycles. The van der Waals surface area contributed by atoms with Crippen LogP contribution < -0.4 is 5.32 Å². The zero-order valence-electron chi connectivity index (χ0n) is 17.3. The van der Waals surface area contributed by atoms with E-state index in [1.807, 2.05) is 48.6 Å². The van der Waals surface area contributed by atoms with Gasteiger partial charge in [-0.25, -0.2) is 9.59 Å². The second kappa shape index (κ2) is 10.6. The van der Waals surface area contributed by atoms with E-state index in [0.29, 0.717) is 0 Å². The molecular formula is C25H29NO4. The van der Waals surface area contributed by atoms with Gasteiger partial charge in [-0.3, -0.25) is 0 Å². The molecule has 1 atom stereocenters. The fourth-order valence-electron chi connectivity index (χ4n) is 3.87. The van der Waals surface area contributed by atoms with Gasteiger partial charge in [0.05, 0.1) is 0 Å². The minimum absolute atomic E-state index is 0.0510. The van der Waals surface area contributed by atoms with Crippen molar-refractivity contribution in [3.63, 3.8) is 0 Å². The molecule has 0 saturated carbocycles. The van der Waals surface area contributed by atoms with Gasteiger partial charge in [-0.15, -0.1) is 0 Å². The van der Waals surface area contributed by atoms with Gasteiger partial charge in [0.25, 0.3) is 0 Å². The molecule has 158 valence electrons. The zero-order valence-corrected chi connectivity index (χ0v) is 17.3. The summed E-state index contributed by atoms with van der Waals surface area (Å²) < 4.78 is 5.44. The number of unbranched alkanes of at least 4 members (excludes halogenated alkanes) is 3. The normalized spacial score (nSPS) is 13.6. The van der Waals surface area contributed by atoms with Crippen molar-refractivity contribution in [2.24, 2.45) is 0 Å². The molecule has 2 aromatic carbocycles. The highest BCUT2D eigenvalue weighted by atomic mass is 16.5. The summed E-state index contributed by atoms with van der Waals surface area (Å²) in [6, 6.07) is 15.2. The minimum Gasteiger partial charge on any atom is -0.480 e. The van der Waals surface area contributed by atoms with Crippen molar-refractivity contribution < 1.29 is 19.4 Å². The largest absolute Gasteiger partial charge is 0.480 e. The first-order valence-electron chi connectivity index (χ1n) is 10.6. The summed E-state index contributed by atoms with van der Waals surface area (Å²) in [5.41, 5.74) is 4.55. The molecule has 0 bridgehead atoms. The summed E-state index contributed by atoms with van der Waals surface area (Å²) >= 11 is 0. The average Bonchev–Trinajstić information content (AvgIpc) is 3.07. The lowest BCUT2D eigenvalue weighted by Gasteiger charge is -2.16. The second-order valence-electron chi connectivity index (χ2n) is 7.56. The van der Waals surface area contributed by atoms with Gasteiger partial charge in [-0.2, -0.15) is 0 Å². The van der Waals surface area contributed by atoms with Crippen LogP contribution in [0, 0.1) is 0 Å². The number of nitrogens with one attached hydrogen (secondary N) is 1. The first-order valence-corrected chi connectivity index (χ1v) is 10.6. The van der Waals surface area contributed by atoms with E-state index in [2.05, 4.69) is 24.4 Å². The van der Waals surface area contributed by atoms with Gasteiger partial charge in [0.2, 0.25) is 0 Å². The summed E-state index contributed by atoms with van der Waals surface area (Å²) in [4.78, 5) is 23.8. The molecule has 0 saturated heterocycles. The van der Waals surface area contributed by atoms with Crippen molar-refractivity contribution >= 4 is 12.1 Å². The maximum absolute atomic E-state index is 12.3. The Labute approximate surface area is 177 Å². The van der Waals surface area contributed by atoms with Gasteiger partial charge in [0.1, 0.15) is 12.6 Å². The number of fused-ring (bicyclic) bond motifs is 3. The molecule has 2 N–H and O–H groups in total. The number of benzene rings is 2. The Kier molecular flexibility index (Phi) is 7.66. The molecule has 5 nitrogen and oxygen atoms in total. The van der Waals surface area contributed by atoms with Crippen LogP contribution in [0.25, 0.3) is 11.1 Å². The fourth-order valence-corrected chi connectivity index (χ4v) is 3.87. The number of carbonyl (C=O) groups excluding carboxylic acids is 1. The summed E-state index contributed by atoms with van der Waals surface area (Å²) in [6.07, 6.45) is 7.65. The number of hydrogen-bond donors (Lipinski definition) is 2. The number of alkyl carbamates (subject to hydrolysis) is 1. The van der Waals surface area contributed by atoms with E-state index in [9.17, 15) is 14.7 Å². The minimum atomic E-state index is -1.07. The highest BCUT2D eigenvalue weighted by molar-refractivity contribution is 5.81. The number of carboxylic acids is 1. The van der Waals surface area contributed by atoms with Crippen LogP contribution in [-0.4, -0.2) is 29.8 Å². The molecule has 30 heavy (non-hydrogen) atoms. The van der Waals surface area contributed by atoms with Gasteiger partial charge in [0.15, 0.2) is 0 Å². The Morgan fingerprint density at radius 3 is 2.27 bits per heavy atom. The Balaban J connectivity index is 1.56. The van der Waals surface area contributed by atoms with Crippen molar-refractivity contribution in [3.05, 3.63) is 71.8 Å². The van der Waals surface area contributed by atoms with Crippen molar-refractivity contribution in [2.45, 2.75) is 51.0 Å². The van der Waals surface area contributed by atoms with E-state index in [-0.39, 0.29) is 18.9 Å². The zero-order chi connectivity index (χ0) is 21.3. The molecule has 3 rings (SSSR count). The summed E-state index contributed by atoms with van der Waals surface area (Å²) in [5, 5.41) is 11.9. The van der Waals surface area contributed by atoms with E-state index in [4.69, 9.17) is 4.74 Å². The van der Waals surface area contributed by atoms with Gasteiger partial charge < -0.3 is 15.2 Å². The number of rotatable bonds is 10. The summed E-state index contributed by atoms with van der Waals surface area (Å²) in [6.45, 7) is 2.31. The van der Waals surface area contributed by atoms with Crippen molar-refractivity contribution in [3.8, 4) is 11.1 Å². The van der Waals surface area contributed by atoms with Crippen molar-refractivity contribution in [2.75, 3.05) is 6.61 Å². The Morgan fingerprint density at radius 2 is 1.67 bits per heavy atom. The van der Waals surface area contributed by atoms with Gasteiger partial charge in [-0.1, -0.05) is 80.4 Å². The quantitative estimate of drug-likeness (QED) is 0.402. The summed E-state index contributed by atoms with van der Waals surface area (Å²) in [5.74, 6) is -1.12. The lowest BCUT2D eigenvalue weighted by molar-refractivity contribution is -0.139. The molecule has 1 aliphatic rings. The van der Waals surface area contributed by atoms with E-state index in [0.717, 1.165) is 47.9 Å². The fraction of sp³-hybridized carbons (Fsp3) is 0.360. The third kappa shape index (κ3) is 5.29. The molecular weight excluding hydrogens is 378 g/mol. The smallest absolute Gasteiger partial charge is 0.407 e. The highest BCUT2D eigenvalue weighted by Gasteiger charge is 2.29. The number of ether oxygens (including phenoxy) is 1. The molecule has 0 aliphatic heterocycles. The molecule has 5 heteroatoms. The first kappa shape index (κ1) is 21.6. The Bertz CT molecular complexity index is 860. The topological polar surface area (TPSA) is 75.6 Å². The predicted octanol–water partition coefficient (Wildman–Crippen LogP) is 5.50. The number of aliphatic carboxylic acids is 1. The van der Waals surface area contributed by atoms with Crippen LogP contribution in [0.4, 0.5) is 4.79 Å². The van der Waals surface area contributed by atoms with Gasteiger partial charge in [0, 0.05) is 5.92 Å². The number of hydrogen-bond acceptors (Lipinski definition) is 3. The third-order valence-electron chi connectivity index (χ3n) is 5.45. The number of carboxylic acid groups (broad SMARTS) is 1. The lowest BCUT2D eigenvalue weighted by Crippen LogP contribution is -2.41. The number of carbonyl (C=O) groups is 2. The van der Waals surface area contributed by atoms with E-state index in [1.54, 1.807) is 0 Å². The maximum atomic E-state index is 12.3. The first-order chi connectivity index (χ1) is 14.6. The van der Waals surface area contributed by atoms with Crippen LogP contribution in [0.2, 0.25) is 0 Å². The van der Waals surface area contributed by atoms with E-state index in [1.165, 1.54) is 0 Å². The maximum Gasteiger partial charge on any atom is 0.407 e. The number of allylic oxidation sites excluding steroid dienone is 1. The van der Waals surface area contributed by atoms with Crippen LogP contribution in [0.3, 0.4) is 0 Å². The Morgan fingerprint density at radius 1 is 1.03 bits per heavy atom. The van der Waals surface area contributed by atoms with Crippen molar-refractivity contribution in [1.82, 2.24) is 5.32 Å². The molecule has 2 aromatic rings. The monoisotopic (exact) mass is 407 g/mol. The highest BCUT2D eigenvalue weighted by Crippen LogP contribution is 2.44. The van der Waals surface area contributed by atoms with Crippen LogP contribution >= 0.6 is 0 Å². The molecule has 0 fully saturated rings. The predicted molar refractivity (Wildman–Crippen MR) is 118 cm³/mol. The summed E-state index contributed by atoms with van der Waals surface area (Å²) in [7, 11) is 0. The average molecular weight is 408 g/mol. The Hall–Kier alpha value is -3.08. The van der Waals surface area contributed by atoms with Crippen LogP contribution in [0.15, 0.2) is 60.7 Å². The van der Waals surface area contributed by atoms with E-state index < -0.39 is 18.1 Å². The molecule has 0 heterocycles. The molecule has 0 spiro atoms. The van der Waals surface area contributed by atoms with Gasteiger partial charge >= 0.3 is 12.1 Å². The standard InChI is InChI=1S/C25H29NO4/c1-2-3-4-5-6-7-16-23(24(27)28)26-25(29)30-17-22-20-14-10-8-12-18(20)19-13-9-11-15-21(19)22/h6-15,22-23H,2-5,16-17H2,1H3,(H,26,29)(H,27,28)/b7-6+/t23-/m0/s1.